The van der Waals surface area contributed by atoms with Crippen molar-refractivity contribution >= 4 is 10.8 Å². The van der Waals surface area contributed by atoms with Crippen LogP contribution in [0, 0.1) is 0 Å². The van der Waals surface area contributed by atoms with Crippen LogP contribution in [-0.4, -0.2) is 4.57 Å². The third-order valence-electron chi connectivity index (χ3n) is 2.78. The van der Waals surface area contributed by atoms with Gasteiger partial charge in [0.15, 0.2) is 0 Å². The summed E-state index contributed by atoms with van der Waals surface area (Å²) in [6, 6.07) is 9.83. The van der Waals surface area contributed by atoms with Gasteiger partial charge >= 0.3 is 0 Å². The first-order valence-electron chi connectivity index (χ1n) is 6.20. The molecular formula is C15H21NO. The molecule has 1 aromatic heterocycles. The van der Waals surface area contributed by atoms with Gasteiger partial charge in [0.25, 0.3) is 5.56 Å². The molecule has 0 spiro atoms. The number of benzene rings is 1. The number of rotatable bonds is 1. The normalized spacial score (nSPS) is 10.2. The standard InChI is InChI=1S/C13H15NO.C2H6/c1-9(2)12-8-10-6-4-5-7-11(10)13(15)14(12)3;1-2/h4-9H,1-3H3;1-2H3. The molecule has 0 radical (unpaired) electrons. The summed E-state index contributed by atoms with van der Waals surface area (Å²) in [6.45, 7) is 8.20. The first-order valence-corrected chi connectivity index (χ1v) is 6.20. The Balaban J connectivity index is 0.000000686. The molecule has 0 atom stereocenters. The van der Waals surface area contributed by atoms with Crippen molar-refractivity contribution < 1.29 is 0 Å². The van der Waals surface area contributed by atoms with Gasteiger partial charge in [0.1, 0.15) is 0 Å². The predicted molar refractivity (Wildman–Crippen MR) is 74.6 cm³/mol. The Morgan fingerprint density at radius 2 is 1.71 bits per heavy atom. The Morgan fingerprint density at radius 3 is 2.29 bits per heavy atom. The number of pyridine rings is 1. The van der Waals surface area contributed by atoms with E-state index in [1.165, 1.54) is 0 Å². The largest absolute Gasteiger partial charge is 0.315 e. The van der Waals surface area contributed by atoms with Gasteiger partial charge in [-0.25, -0.2) is 0 Å². The molecule has 0 bridgehead atoms. The van der Waals surface area contributed by atoms with E-state index in [4.69, 9.17) is 0 Å². The van der Waals surface area contributed by atoms with Crippen molar-refractivity contribution in [2.75, 3.05) is 0 Å². The minimum Gasteiger partial charge on any atom is -0.315 e. The van der Waals surface area contributed by atoms with Crippen molar-refractivity contribution in [1.29, 1.82) is 0 Å². The van der Waals surface area contributed by atoms with Crippen LogP contribution in [0.3, 0.4) is 0 Å². The Morgan fingerprint density at radius 1 is 1.12 bits per heavy atom. The topological polar surface area (TPSA) is 22.0 Å². The Kier molecular flexibility index (Phi) is 4.50. The molecule has 0 saturated carbocycles. The molecule has 2 aromatic rings. The fraction of sp³-hybridized carbons (Fsp3) is 0.400. The minimum absolute atomic E-state index is 0.0943. The van der Waals surface area contributed by atoms with Gasteiger partial charge in [0.05, 0.1) is 0 Å². The smallest absolute Gasteiger partial charge is 0.258 e. The number of nitrogens with zero attached hydrogens (tertiary/aromatic N) is 1. The number of hydrogen-bond donors (Lipinski definition) is 0. The maximum Gasteiger partial charge on any atom is 0.258 e. The van der Waals surface area contributed by atoms with Crippen molar-refractivity contribution in [1.82, 2.24) is 4.57 Å². The monoisotopic (exact) mass is 231 g/mol. The van der Waals surface area contributed by atoms with E-state index in [1.54, 1.807) is 4.57 Å². The van der Waals surface area contributed by atoms with E-state index in [1.807, 2.05) is 45.2 Å². The summed E-state index contributed by atoms with van der Waals surface area (Å²) in [7, 11) is 1.84. The zero-order valence-electron chi connectivity index (χ0n) is 11.3. The molecule has 0 saturated heterocycles. The second-order valence-corrected chi connectivity index (χ2v) is 4.18. The molecule has 0 amide bonds. The van der Waals surface area contributed by atoms with Crippen LogP contribution >= 0.6 is 0 Å². The van der Waals surface area contributed by atoms with Crippen LogP contribution in [0.15, 0.2) is 35.1 Å². The first kappa shape index (κ1) is 13.5. The lowest BCUT2D eigenvalue weighted by atomic mass is 10.1. The van der Waals surface area contributed by atoms with Crippen LogP contribution in [0.4, 0.5) is 0 Å². The summed E-state index contributed by atoms with van der Waals surface area (Å²) >= 11 is 0. The molecule has 0 aliphatic heterocycles. The summed E-state index contributed by atoms with van der Waals surface area (Å²) in [4.78, 5) is 12.0. The first-order chi connectivity index (χ1) is 8.11. The van der Waals surface area contributed by atoms with Crippen molar-refractivity contribution in [2.24, 2.45) is 7.05 Å². The average Bonchev–Trinajstić information content (AvgIpc) is 2.36. The van der Waals surface area contributed by atoms with Crippen molar-refractivity contribution in [2.45, 2.75) is 33.6 Å². The van der Waals surface area contributed by atoms with Crippen molar-refractivity contribution in [3.05, 3.63) is 46.4 Å². The highest BCUT2D eigenvalue weighted by molar-refractivity contribution is 5.81. The Hall–Kier alpha value is -1.57. The molecule has 0 N–H and O–H groups in total. The molecule has 92 valence electrons. The Bertz CT molecular complexity index is 552. The second-order valence-electron chi connectivity index (χ2n) is 4.18. The minimum atomic E-state index is 0.0943. The second kappa shape index (κ2) is 5.67. The lowest BCUT2D eigenvalue weighted by molar-refractivity contribution is 0.713. The van der Waals surface area contributed by atoms with Crippen LogP contribution in [0.5, 0.6) is 0 Å². The van der Waals surface area contributed by atoms with Crippen molar-refractivity contribution in [3.63, 3.8) is 0 Å². The van der Waals surface area contributed by atoms with Crippen LogP contribution in [0.2, 0.25) is 0 Å². The predicted octanol–water partition coefficient (Wildman–Crippen LogP) is 3.69. The van der Waals surface area contributed by atoms with Gasteiger partial charge in [-0.2, -0.15) is 0 Å². The fourth-order valence-electron chi connectivity index (χ4n) is 1.93. The van der Waals surface area contributed by atoms with E-state index in [0.717, 1.165) is 16.5 Å². The molecule has 0 aliphatic rings. The average molecular weight is 231 g/mol. The highest BCUT2D eigenvalue weighted by atomic mass is 16.1. The number of fused-ring (bicyclic) bond motifs is 1. The lowest BCUT2D eigenvalue weighted by Gasteiger charge is -2.12. The molecule has 1 heterocycles. The van der Waals surface area contributed by atoms with E-state index in [9.17, 15) is 4.79 Å². The van der Waals surface area contributed by atoms with Crippen LogP contribution in [0.25, 0.3) is 10.8 Å². The maximum absolute atomic E-state index is 12.0. The summed E-state index contributed by atoms with van der Waals surface area (Å²) in [5.41, 5.74) is 1.18. The van der Waals surface area contributed by atoms with Crippen LogP contribution in [-0.2, 0) is 7.05 Å². The highest BCUT2D eigenvalue weighted by Crippen LogP contribution is 2.17. The molecule has 2 rings (SSSR count). The third-order valence-corrected chi connectivity index (χ3v) is 2.78. The van der Waals surface area contributed by atoms with Gasteiger partial charge < -0.3 is 4.57 Å². The molecule has 17 heavy (non-hydrogen) atoms. The number of aromatic nitrogens is 1. The summed E-state index contributed by atoms with van der Waals surface area (Å²) in [5, 5.41) is 1.83. The molecule has 0 unspecified atom stereocenters. The van der Waals surface area contributed by atoms with Gasteiger partial charge in [-0.15, -0.1) is 0 Å². The van der Waals surface area contributed by atoms with Crippen LogP contribution < -0.4 is 5.56 Å². The zero-order valence-corrected chi connectivity index (χ0v) is 11.3. The van der Waals surface area contributed by atoms with E-state index in [-0.39, 0.29) is 5.56 Å². The van der Waals surface area contributed by atoms with E-state index >= 15 is 0 Å². The van der Waals surface area contributed by atoms with Gasteiger partial charge in [0, 0.05) is 18.1 Å². The molecular weight excluding hydrogens is 210 g/mol. The molecule has 1 aromatic carbocycles. The fourth-order valence-corrected chi connectivity index (χ4v) is 1.93. The highest BCUT2D eigenvalue weighted by Gasteiger charge is 2.08. The van der Waals surface area contributed by atoms with Gasteiger partial charge in [-0.1, -0.05) is 45.9 Å². The summed E-state index contributed by atoms with van der Waals surface area (Å²) in [6.07, 6.45) is 0. The molecule has 0 aliphatic carbocycles. The molecule has 2 nitrogen and oxygen atoms in total. The quantitative estimate of drug-likeness (QED) is 0.733. The maximum atomic E-state index is 12.0. The summed E-state index contributed by atoms with van der Waals surface area (Å²) < 4.78 is 1.74. The zero-order chi connectivity index (χ0) is 13.0. The van der Waals surface area contributed by atoms with Crippen LogP contribution in [0.1, 0.15) is 39.3 Å². The molecule has 2 heteroatoms. The van der Waals surface area contributed by atoms with Gasteiger partial charge in [-0.05, 0) is 23.4 Å². The van der Waals surface area contributed by atoms with E-state index in [0.29, 0.717) is 5.92 Å². The SMILES string of the molecule is CC.CC(C)c1cc2ccccc2c(=O)n1C. The number of hydrogen-bond acceptors (Lipinski definition) is 1. The van der Waals surface area contributed by atoms with E-state index < -0.39 is 0 Å². The van der Waals surface area contributed by atoms with Gasteiger partial charge in [0.2, 0.25) is 0 Å². The Labute approximate surface area is 103 Å². The van der Waals surface area contributed by atoms with E-state index in [2.05, 4.69) is 19.9 Å². The molecule has 0 fully saturated rings. The van der Waals surface area contributed by atoms with Gasteiger partial charge in [-0.3, -0.25) is 4.79 Å². The third kappa shape index (κ3) is 2.57. The summed E-state index contributed by atoms with van der Waals surface area (Å²) in [5.74, 6) is 0.368. The lowest BCUT2D eigenvalue weighted by Crippen LogP contribution is -2.21. The van der Waals surface area contributed by atoms with Crippen molar-refractivity contribution in [3.8, 4) is 0 Å².